The fourth-order valence-electron chi connectivity index (χ4n) is 2.40. The summed E-state index contributed by atoms with van der Waals surface area (Å²) in [6.45, 7) is 2.67. The van der Waals surface area contributed by atoms with E-state index in [1.165, 1.54) is 12.1 Å². The smallest absolute Gasteiger partial charge is 0.253 e. The molecule has 2 nitrogen and oxygen atoms in total. The normalized spacial score (nSPS) is 10.8. The van der Waals surface area contributed by atoms with E-state index in [4.69, 9.17) is 0 Å². The van der Waals surface area contributed by atoms with Crippen LogP contribution in [0, 0.1) is 5.82 Å². The molecule has 22 heavy (non-hydrogen) atoms. The standard InChI is InChI=1S/C18H16FNOS/c1-2-11-20-18(21)16-14-5-3-4-6-15(14)22-17(16)12-7-9-13(19)10-8-12/h3-10H,2,11H2,1H3,(H,20,21). The number of carbonyl (C=O) groups excluding carboxylic acids is 1. The lowest BCUT2D eigenvalue weighted by Crippen LogP contribution is -2.24. The molecule has 0 aliphatic heterocycles. The van der Waals surface area contributed by atoms with E-state index in [9.17, 15) is 9.18 Å². The van der Waals surface area contributed by atoms with E-state index in [1.807, 2.05) is 31.2 Å². The van der Waals surface area contributed by atoms with Crippen molar-refractivity contribution in [2.75, 3.05) is 6.54 Å². The van der Waals surface area contributed by atoms with Crippen molar-refractivity contribution in [3.05, 3.63) is 59.9 Å². The molecule has 4 heteroatoms. The molecule has 3 rings (SSSR count). The molecular weight excluding hydrogens is 297 g/mol. The molecule has 0 radical (unpaired) electrons. The molecule has 1 amide bonds. The minimum absolute atomic E-state index is 0.0707. The molecule has 0 fully saturated rings. The molecule has 112 valence electrons. The number of nitrogens with one attached hydrogen (secondary N) is 1. The van der Waals surface area contributed by atoms with Gasteiger partial charge in [-0.05, 0) is 30.2 Å². The highest BCUT2D eigenvalue weighted by atomic mass is 32.1. The van der Waals surface area contributed by atoms with Crippen molar-refractivity contribution in [1.29, 1.82) is 0 Å². The predicted octanol–water partition coefficient (Wildman–Crippen LogP) is 4.85. The number of hydrogen-bond acceptors (Lipinski definition) is 2. The van der Waals surface area contributed by atoms with Crippen molar-refractivity contribution >= 4 is 27.3 Å². The van der Waals surface area contributed by atoms with Crippen LogP contribution in [0.15, 0.2) is 48.5 Å². The molecule has 3 aromatic rings. The number of hydrogen-bond donors (Lipinski definition) is 1. The van der Waals surface area contributed by atoms with E-state index in [-0.39, 0.29) is 11.7 Å². The molecule has 1 aromatic heterocycles. The molecular formula is C18H16FNOS. The number of carbonyl (C=O) groups is 1. The SMILES string of the molecule is CCCNC(=O)c1c(-c2ccc(F)cc2)sc2ccccc12. The van der Waals surface area contributed by atoms with Gasteiger partial charge in [0.2, 0.25) is 0 Å². The second-order valence-corrected chi connectivity index (χ2v) is 6.12. The van der Waals surface area contributed by atoms with E-state index in [2.05, 4.69) is 5.32 Å². The van der Waals surface area contributed by atoms with Gasteiger partial charge in [-0.1, -0.05) is 37.3 Å². The van der Waals surface area contributed by atoms with Crippen LogP contribution in [0.3, 0.4) is 0 Å². The molecule has 0 saturated carbocycles. The number of fused-ring (bicyclic) bond motifs is 1. The van der Waals surface area contributed by atoms with E-state index < -0.39 is 0 Å². The molecule has 0 saturated heterocycles. The fraction of sp³-hybridized carbons (Fsp3) is 0.167. The zero-order valence-corrected chi connectivity index (χ0v) is 13.0. The van der Waals surface area contributed by atoms with E-state index >= 15 is 0 Å². The van der Waals surface area contributed by atoms with Crippen molar-refractivity contribution < 1.29 is 9.18 Å². The fourth-order valence-corrected chi connectivity index (χ4v) is 3.61. The summed E-state index contributed by atoms with van der Waals surface area (Å²) in [6, 6.07) is 14.1. The Bertz CT molecular complexity index is 808. The van der Waals surface area contributed by atoms with Crippen LogP contribution in [0.1, 0.15) is 23.7 Å². The van der Waals surface area contributed by atoms with Crippen molar-refractivity contribution in [2.45, 2.75) is 13.3 Å². The largest absolute Gasteiger partial charge is 0.352 e. The van der Waals surface area contributed by atoms with Crippen LogP contribution in [0.5, 0.6) is 0 Å². The number of halogens is 1. The quantitative estimate of drug-likeness (QED) is 0.733. The maximum atomic E-state index is 13.2. The maximum Gasteiger partial charge on any atom is 0.253 e. The summed E-state index contributed by atoms with van der Waals surface area (Å²) < 4.78 is 14.2. The van der Waals surface area contributed by atoms with Gasteiger partial charge in [0.15, 0.2) is 0 Å². The molecule has 2 aromatic carbocycles. The predicted molar refractivity (Wildman–Crippen MR) is 89.8 cm³/mol. The van der Waals surface area contributed by atoms with Gasteiger partial charge in [-0.25, -0.2) is 4.39 Å². The topological polar surface area (TPSA) is 29.1 Å². The van der Waals surface area contributed by atoms with E-state index in [0.717, 1.165) is 26.9 Å². The minimum Gasteiger partial charge on any atom is -0.352 e. The number of rotatable bonds is 4. The van der Waals surface area contributed by atoms with E-state index in [0.29, 0.717) is 12.1 Å². The highest BCUT2D eigenvalue weighted by Gasteiger charge is 2.19. The first-order valence-electron chi connectivity index (χ1n) is 7.26. The third-order valence-electron chi connectivity index (χ3n) is 3.46. The summed E-state index contributed by atoms with van der Waals surface area (Å²) in [5.74, 6) is -0.347. The van der Waals surface area contributed by atoms with Gasteiger partial charge in [0.05, 0.1) is 5.56 Å². The minimum atomic E-state index is -0.276. The summed E-state index contributed by atoms with van der Waals surface area (Å²) in [4.78, 5) is 13.4. The van der Waals surface area contributed by atoms with Gasteiger partial charge in [-0.3, -0.25) is 4.79 Å². The third kappa shape index (κ3) is 2.74. The Morgan fingerprint density at radius 3 is 2.59 bits per heavy atom. The second-order valence-electron chi connectivity index (χ2n) is 5.07. The molecule has 0 aliphatic carbocycles. The van der Waals surface area contributed by atoms with Gasteiger partial charge in [0.1, 0.15) is 5.82 Å². The van der Waals surface area contributed by atoms with Crippen LogP contribution in [-0.4, -0.2) is 12.5 Å². The summed E-state index contributed by atoms with van der Waals surface area (Å²) in [5.41, 5.74) is 1.55. The molecule has 0 bridgehead atoms. The van der Waals surface area contributed by atoms with Gasteiger partial charge < -0.3 is 5.32 Å². The number of amides is 1. The second kappa shape index (κ2) is 6.28. The summed E-state index contributed by atoms with van der Waals surface area (Å²) >= 11 is 1.56. The first-order chi connectivity index (χ1) is 10.7. The van der Waals surface area contributed by atoms with Crippen molar-refractivity contribution in [3.8, 4) is 10.4 Å². The Labute approximate surface area is 132 Å². The van der Waals surface area contributed by atoms with Crippen molar-refractivity contribution in [1.82, 2.24) is 5.32 Å². The zero-order chi connectivity index (χ0) is 15.5. The first-order valence-corrected chi connectivity index (χ1v) is 8.08. The molecule has 1 heterocycles. The van der Waals surface area contributed by atoms with Gasteiger partial charge >= 0.3 is 0 Å². The lowest BCUT2D eigenvalue weighted by molar-refractivity contribution is 0.0956. The first kappa shape index (κ1) is 14.7. The zero-order valence-electron chi connectivity index (χ0n) is 12.2. The Morgan fingerprint density at radius 1 is 1.14 bits per heavy atom. The highest BCUT2D eigenvalue weighted by Crippen LogP contribution is 2.38. The monoisotopic (exact) mass is 313 g/mol. The Balaban J connectivity index is 2.16. The van der Waals surface area contributed by atoms with Crippen LogP contribution >= 0.6 is 11.3 Å². The maximum absolute atomic E-state index is 13.2. The Hall–Kier alpha value is -2.20. The summed E-state index contributed by atoms with van der Waals surface area (Å²) in [6.07, 6.45) is 0.889. The Morgan fingerprint density at radius 2 is 1.86 bits per heavy atom. The summed E-state index contributed by atoms with van der Waals surface area (Å²) in [7, 11) is 0. The van der Waals surface area contributed by atoms with Crippen LogP contribution in [-0.2, 0) is 0 Å². The molecule has 0 aliphatic rings. The average molecular weight is 313 g/mol. The lowest BCUT2D eigenvalue weighted by atomic mass is 10.1. The Kier molecular flexibility index (Phi) is 4.20. The van der Waals surface area contributed by atoms with E-state index in [1.54, 1.807) is 23.5 Å². The van der Waals surface area contributed by atoms with Gasteiger partial charge in [-0.15, -0.1) is 11.3 Å². The van der Waals surface area contributed by atoms with Gasteiger partial charge in [-0.2, -0.15) is 0 Å². The van der Waals surface area contributed by atoms with Crippen molar-refractivity contribution in [2.24, 2.45) is 0 Å². The number of thiophene rings is 1. The highest BCUT2D eigenvalue weighted by molar-refractivity contribution is 7.22. The molecule has 1 N–H and O–H groups in total. The lowest BCUT2D eigenvalue weighted by Gasteiger charge is -2.06. The number of benzene rings is 2. The van der Waals surface area contributed by atoms with Crippen LogP contribution in [0.4, 0.5) is 4.39 Å². The summed E-state index contributed by atoms with van der Waals surface area (Å²) in [5, 5.41) is 3.89. The third-order valence-corrected chi connectivity index (χ3v) is 4.68. The van der Waals surface area contributed by atoms with Crippen LogP contribution < -0.4 is 5.32 Å². The van der Waals surface area contributed by atoms with Gasteiger partial charge in [0.25, 0.3) is 5.91 Å². The average Bonchev–Trinajstić information content (AvgIpc) is 2.92. The molecule has 0 spiro atoms. The van der Waals surface area contributed by atoms with Gasteiger partial charge in [0, 0.05) is 21.5 Å². The van der Waals surface area contributed by atoms with Crippen molar-refractivity contribution in [3.63, 3.8) is 0 Å². The molecule has 0 unspecified atom stereocenters. The van der Waals surface area contributed by atoms with Crippen LogP contribution in [0.25, 0.3) is 20.5 Å². The molecule has 0 atom stereocenters. The van der Waals surface area contributed by atoms with Crippen LogP contribution in [0.2, 0.25) is 0 Å².